The summed E-state index contributed by atoms with van der Waals surface area (Å²) < 4.78 is 15.7. The van der Waals surface area contributed by atoms with E-state index in [-0.39, 0.29) is 5.82 Å². The van der Waals surface area contributed by atoms with Crippen LogP contribution in [0.5, 0.6) is 0 Å². The monoisotopic (exact) mass is 326 g/mol. The van der Waals surface area contributed by atoms with E-state index in [9.17, 15) is 4.39 Å². The van der Waals surface area contributed by atoms with Crippen LogP contribution >= 0.6 is 15.9 Å². The maximum Gasteiger partial charge on any atom is 0.204 e. The number of benzene rings is 1. The summed E-state index contributed by atoms with van der Waals surface area (Å²) in [6, 6.07) is 4.58. The lowest BCUT2D eigenvalue weighted by molar-refractivity contribution is 0.627. The Kier molecular flexibility index (Phi) is 4.09. The highest BCUT2D eigenvalue weighted by molar-refractivity contribution is 9.10. The molecule has 1 heterocycles. The van der Waals surface area contributed by atoms with Crippen LogP contribution in [0.2, 0.25) is 0 Å². The number of rotatable bonds is 4. The molecule has 2 rings (SSSR count). The average molecular weight is 327 g/mol. The Labute approximate surface area is 120 Å². The van der Waals surface area contributed by atoms with Gasteiger partial charge in [-0.3, -0.25) is 0 Å². The lowest BCUT2D eigenvalue weighted by Crippen LogP contribution is -2.15. The number of nitrogens with one attached hydrogen (secondary N) is 1. The summed E-state index contributed by atoms with van der Waals surface area (Å²) in [4.78, 5) is 6.30. The van der Waals surface area contributed by atoms with Crippen molar-refractivity contribution in [1.29, 1.82) is 0 Å². The third-order valence-corrected chi connectivity index (χ3v) is 3.51. The Morgan fingerprint density at radius 3 is 2.74 bits per heavy atom. The zero-order chi connectivity index (χ0) is 14.0. The first-order valence-corrected chi connectivity index (χ1v) is 6.65. The largest absolute Gasteiger partial charge is 0.378 e. The molecular weight excluding hydrogens is 311 g/mol. The van der Waals surface area contributed by atoms with Gasteiger partial charge < -0.3 is 14.8 Å². The minimum atomic E-state index is -0.257. The van der Waals surface area contributed by atoms with Gasteiger partial charge in [0.1, 0.15) is 5.82 Å². The highest BCUT2D eigenvalue weighted by atomic mass is 79.9. The SMILES string of the molecule is CN(C)c1ncc(CNc2ccc(F)cc2Br)n1C. The van der Waals surface area contributed by atoms with Gasteiger partial charge in [-0.1, -0.05) is 0 Å². The van der Waals surface area contributed by atoms with Gasteiger partial charge in [-0.05, 0) is 34.1 Å². The first-order chi connectivity index (χ1) is 8.99. The first-order valence-electron chi connectivity index (χ1n) is 5.86. The Hall–Kier alpha value is -1.56. The number of nitrogens with zero attached hydrogens (tertiary/aromatic N) is 3. The molecule has 19 heavy (non-hydrogen) atoms. The summed E-state index contributed by atoms with van der Waals surface area (Å²) in [5.41, 5.74) is 1.91. The van der Waals surface area contributed by atoms with Crippen molar-refractivity contribution in [1.82, 2.24) is 9.55 Å². The number of anilines is 2. The molecule has 6 heteroatoms. The number of halogens is 2. The molecule has 0 aliphatic carbocycles. The Morgan fingerprint density at radius 1 is 1.42 bits per heavy atom. The fourth-order valence-electron chi connectivity index (χ4n) is 1.83. The van der Waals surface area contributed by atoms with Gasteiger partial charge in [-0.2, -0.15) is 0 Å². The summed E-state index contributed by atoms with van der Waals surface area (Å²) in [5, 5.41) is 3.26. The molecule has 4 nitrogen and oxygen atoms in total. The number of hydrogen-bond acceptors (Lipinski definition) is 3. The van der Waals surface area contributed by atoms with Crippen LogP contribution in [0, 0.1) is 5.82 Å². The maximum absolute atomic E-state index is 13.0. The van der Waals surface area contributed by atoms with Crippen LogP contribution in [-0.4, -0.2) is 23.6 Å². The van der Waals surface area contributed by atoms with Crippen LogP contribution in [0.15, 0.2) is 28.9 Å². The molecule has 0 bridgehead atoms. The van der Waals surface area contributed by atoms with E-state index in [1.807, 2.05) is 36.8 Å². The van der Waals surface area contributed by atoms with Crippen LogP contribution in [0.1, 0.15) is 5.69 Å². The molecule has 102 valence electrons. The molecule has 0 fully saturated rings. The molecule has 0 saturated carbocycles. The lowest BCUT2D eigenvalue weighted by Gasteiger charge is -2.13. The number of imidazole rings is 1. The molecule has 1 aromatic heterocycles. The predicted molar refractivity (Wildman–Crippen MR) is 79.0 cm³/mol. The van der Waals surface area contributed by atoms with Gasteiger partial charge in [0.2, 0.25) is 5.95 Å². The average Bonchev–Trinajstić information content (AvgIpc) is 2.70. The third kappa shape index (κ3) is 3.07. The van der Waals surface area contributed by atoms with Crippen molar-refractivity contribution in [2.75, 3.05) is 24.3 Å². The minimum Gasteiger partial charge on any atom is -0.378 e. The van der Waals surface area contributed by atoms with Crippen LogP contribution in [0.4, 0.5) is 16.0 Å². The van der Waals surface area contributed by atoms with Gasteiger partial charge >= 0.3 is 0 Å². The van der Waals surface area contributed by atoms with Crippen molar-refractivity contribution in [3.8, 4) is 0 Å². The molecule has 1 N–H and O–H groups in total. The van der Waals surface area contributed by atoms with Crippen molar-refractivity contribution >= 4 is 27.6 Å². The summed E-state index contributed by atoms with van der Waals surface area (Å²) in [6.07, 6.45) is 1.83. The second-order valence-electron chi connectivity index (χ2n) is 4.48. The molecule has 0 amide bonds. The Bertz CT molecular complexity index is 580. The van der Waals surface area contributed by atoms with Gasteiger partial charge in [0, 0.05) is 31.3 Å². The van der Waals surface area contributed by atoms with Crippen molar-refractivity contribution in [3.63, 3.8) is 0 Å². The van der Waals surface area contributed by atoms with E-state index in [0.717, 1.165) is 17.3 Å². The van der Waals surface area contributed by atoms with E-state index in [0.29, 0.717) is 11.0 Å². The van der Waals surface area contributed by atoms with E-state index in [2.05, 4.69) is 26.2 Å². The minimum absolute atomic E-state index is 0.257. The molecule has 0 radical (unpaired) electrons. The number of hydrogen-bond donors (Lipinski definition) is 1. The van der Waals surface area contributed by atoms with E-state index < -0.39 is 0 Å². The van der Waals surface area contributed by atoms with Gasteiger partial charge in [0.05, 0.1) is 18.4 Å². The van der Waals surface area contributed by atoms with Gasteiger partial charge in [0.15, 0.2) is 0 Å². The molecule has 0 atom stereocenters. The van der Waals surface area contributed by atoms with Crippen molar-refractivity contribution in [2.45, 2.75) is 6.54 Å². The maximum atomic E-state index is 13.0. The van der Waals surface area contributed by atoms with E-state index in [1.54, 1.807) is 6.07 Å². The lowest BCUT2D eigenvalue weighted by atomic mass is 10.3. The molecule has 2 aromatic rings. The Morgan fingerprint density at radius 2 is 2.16 bits per heavy atom. The van der Waals surface area contributed by atoms with Gasteiger partial charge in [-0.25, -0.2) is 9.37 Å². The van der Waals surface area contributed by atoms with E-state index >= 15 is 0 Å². The smallest absolute Gasteiger partial charge is 0.204 e. The fraction of sp³-hybridized carbons (Fsp3) is 0.308. The highest BCUT2D eigenvalue weighted by Crippen LogP contribution is 2.23. The zero-order valence-electron chi connectivity index (χ0n) is 11.1. The van der Waals surface area contributed by atoms with Gasteiger partial charge in [0.25, 0.3) is 0 Å². The fourth-order valence-corrected chi connectivity index (χ4v) is 2.32. The van der Waals surface area contributed by atoms with Crippen LogP contribution in [0.3, 0.4) is 0 Å². The van der Waals surface area contributed by atoms with E-state index in [4.69, 9.17) is 0 Å². The van der Waals surface area contributed by atoms with Crippen LogP contribution in [-0.2, 0) is 13.6 Å². The topological polar surface area (TPSA) is 33.1 Å². The summed E-state index contributed by atoms with van der Waals surface area (Å²) in [7, 11) is 5.88. The normalized spacial score (nSPS) is 10.6. The van der Waals surface area contributed by atoms with Crippen molar-refractivity contribution < 1.29 is 4.39 Å². The molecule has 1 aromatic carbocycles. The molecule has 0 saturated heterocycles. The van der Waals surface area contributed by atoms with Gasteiger partial charge in [-0.15, -0.1) is 0 Å². The van der Waals surface area contributed by atoms with Crippen molar-refractivity contribution in [3.05, 3.63) is 40.4 Å². The standard InChI is InChI=1S/C13H16BrFN4/c1-18(2)13-17-8-10(19(13)3)7-16-12-5-4-9(15)6-11(12)14/h4-6,8,16H,7H2,1-3H3. The predicted octanol–water partition coefficient (Wildman–Crippen LogP) is 3.00. The highest BCUT2D eigenvalue weighted by Gasteiger charge is 2.08. The summed E-state index contributed by atoms with van der Waals surface area (Å²) in [5.74, 6) is 0.642. The quantitative estimate of drug-likeness (QED) is 0.937. The Balaban J connectivity index is 2.10. The summed E-state index contributed by atoms with van der Waals surface area (Å²) in [6.45, 7) is 0.627. The first kappa shape index (κ1) is 13.9. The van der Waals surface area contributed by atoms with E-state index in [1.165, 1.54) is 12.1 Å². The molecule has 0 spiro atoms. The molecule has 0 aliphatic rings. The number of aromatic nitrogens is 2. The molecule has 0 unspecified atom stereocenters. The second-order valence-corrected chi connectivity index (χ2v) is 5.34. The van der Waals surface area contributed by atoms with Crippen LogP contribution < -0.4 is 10.2 Å². The second kappa shape index (κ2) is 5.61. The molecular formula is C13H16BrFN4. The molecule has 0 aliphatic heterocycles. The van der Waals surface area contributed by atoms with Crippen LogP contribution in [0.25, 0.3) is 0 Å². The zero-order valence-corrected chi connectivity index (χ0v) is 12.7. The third-order valence-electron chi connectivity index (χ3n) is 2.85. The summed E-state index contributed by atoms with van der Waals surface area (Å²) >= 11 is 3.33. The van der Waals surface area contributed by atoms with Crippen molar-refractivity contribution in [2.24, 2.45) is 7.05 Å².